The molecule has 0 aromatic rings. The minimum absolute atomic E-state index is 0.0456. The van der Waals surface area contributed by atoms with Gasteiger partial charge in [0.15, 0.2) is 0 Å². The summed E-state index contributed by atoms with van der Waals surface area (Å²) in [4.78, 5) is 11.6. The van der Waals surface area contributed by atoms with Gasteiger partial charge in [0.25, 0.3) is 0 Å². The van der Waals surface area contributed by atoms with E-state index in [-0.39, 0.29) is 11.0 Å². The lowest BCUT2D eigenvalue weighted by Crippen LogP contribution is -2.54. The third-order valence-corrected chi connectivity index (χ3v) is 4.15. The van der Waals surface area contributed by atoms with Gasteiger partial charge in [-0.25, -0.2) is 0 Å². The van der Waals surface area contributed by atoms with Gasteiger partial charge in [-0.2, -0.15) is 0 Å². The van der Waals surface area contributed by atoms with Crippen molar-refractivity contribution in [3.63, 3.8) is 0 Å². The molecule has 15 heavy (non-hydrogen) atoms. The van der Waals surface area contributed by atoms with Gasteiger partial charge in [0.05, 0.1) is 5.76 Å². The minimum atomic E-state index is -0.134. The Kier molecular flexibility index (Phi) is 2.21. The molecular weight excluding hydrogens is 188 g/mol. The van der Waals surface area contributed by atoms with Crippen molar-refractivity contribution >= 4 is 5.78 Å². The zero-order valence-corrected chi connectivity index (χ0v) is 10.1. The molecule has 0 unspecified atom stereocenters. The fourth-order valence-electron chi connectivity index (χ4n) is 3.27. The highest BCUT2D eigenvalue weighted by Gasteiger charge is 2.56. The van der Waals surface area contributed by atoms with Crippen molar-refractivity contribution in [2.45, 2.75) is 52.6 Å². The summed E-state index contributed by atoms with van der Waals surface area (Å²) in [6.07, 6.45) is 4.44. The molecule has 1 aliphatic heterocycles. The molecule has 0 saturated heterocycles. The smallest absolute Gasteiger partial charge is 0.134 e. The van der Waals surface area contributed by atoms with E-state index < -0.39 is 0 Å². The van der Waals surface area contributed by atoms with Gasteiger partial charge < -0.3 is 4.74 Å². The van der Waals surface area contributed by atoms with E-state index in [1.165, 1.54) is 0 Å². The summed E-state index contributed by atoms with van der Waals surface area (Å²) in [5, 5.41) is 0. The summed E-state index contributed by atoms with van der Waals surface area (Å²) in [7, 11) is 0. The standard InChI is InChI=1S/C13H20O2/c1-9-7-11(14)8-12(3,4)13(9)6-5-10(2)15-13/h5,9H,6-8H2,1-4H3/t9-,13+/m0/s1. The number of hydrogen-bond donors (Lipinski definition) is 0. The Morgan fingerprint density at radius 2 is 2.13 bits per heavy atom. The van der Waals surface area contributed by atoms with E-state index in [4.69, 9.17) is 4.74 Å². The summed E-state index contributed by atoms with van der Waals surface area (Å²) >= 11 is 0. The van der Waals surface area contributed by atoms with Crippen LogP contribution >= 0.6 is 0 Å². The second-order valence-electron chi connectivity index (χ2n) is 5.71. The lowest BCUT2D eigenvalue weighted by molar-refractivity contribution is -0.155. The zero-order chi connectivity index (χ0) is 11.3. The molecule has 0 aromatic carbocycles. The molecule has 1 aliphatic carbocycles. The fraction of sp³-hybridized carbons (Fsp3) is 0.769. The minimum Gasteiger partial charge on any atom is -0.491 e. The molecule has 1 saturated carbocycles. The molecule has 2 aliphatic rings. The topological polar surface area (TPSA) is 26.3 Å². The largest absolute Gasteiger partial charge is 0.491 e. The van der Waals surface area contributed by atoms with E-state index in [1.54, 1.807) is 0 Å². The molecule has 2 nitrogen and oxygen atoms in total. The Morgan fingerprint density at radius 1 is 1.47 bits per heavy atom. The van der Waals surface area contributed by atoms with Crippen LogP contribution in [0.2, 0.25) is 0 Å². The normalized spacial score (nSPS) is 39.1. The first-order valence-corrected chi connectivity index (χ1v) is 5.75. The predicted octanol–water partition coefficient (Wildman–Crippen LogP) is 3.07. The maximum absolute atomic E-state index is 11.6. The summed E-state index contributed by atoms with van der Waals surface area (Å²) < 4.78 is 6.07. The Labute approximate surface area is 91.7 Å². The van der Waals surface area contributed by atoms with Gasteiger partial charge >= 0.3 is 0 Å². The van der Waals surface area contributed by atoms with Crippen molar-refractivity contribution in [2.75, 3.05) is 0 Å². The van der Waals surface area contributed by atoms with Crippen LogP contribution in [-0.4, -0.2) is 11.4 Å². The highest BCUT2D eigenvalue weighted by Crippen LogP contribution is 2.53. The molecule has 1 heterocycles. The van der Waals surface area contributed by atoms with Gasteiger partial charge in [0.2, 0.25) is 0 Å². The van der Waals surface area contributed by atoms with E-state index in [0.717, 1.165) is 12.2 Å². The van der Waals surface area contributed by atoms with Crippen molar-refractivity contribution in [1.82, 2.24) is 0 Å². The van der Waals surface area contributed by atoms with Crippen LogP contribution < -0.4 is 0 Å². The second-order valence-corrected chi connectivity index (χ2v) is 5.71. The molecule has 84 valence electrons. The average Bonchev–Trinajstić information content (AvgIpc) is 2.45. The molecule has 2 heteroatoms. The number of rotatable bonds is 0. The summed E-state index contributed by atoms with van der Waals surface area (Å²) in [6.45, 7) is 8.47. The molecule has 1 spiro atoms. The van der Waals surface area contributed by atoms with Gasteiger partial charge in [-0.15, -0.1) is 0 Å². The van der Waals surface area contributed by atoms with Crippen LogP contribution in [0.15, 0.2) is 11.8 Å². The van der Waals surface area contributed by atoms with E-state index in [1.807, 2.05) is 6.92 Å². The second kappa shape index (κ2) is 3.10. The van der Waals surface area contributed by atoms with Crippen molar-refractivity contribution in [3.05, 3.63) is 11.8 Å². The maximum atomic E-state index is 11.6. The Balaban J connectivity index is 2.33. The van der Waals surface area contributed by atoms with Gasteiger partial charge in [-0.3, -0.25) is 4.79 Å². The Bertz CT molecular complexity index is 327. The predicted molar refractivity (Wildman–Crippen MR) is 59.4 cm³/mol. The lowest BCUT2D eigenvalue weighted by atomic mass is 9.59. The first-order chi connectivity index (χ1) is 6.87. The first kappa shape index (κ1) is 10.7. The monoisotopic (exact) mass is 208 g/mol. The number of hydrogen-bond acceptors (Lipinski definition) is 2. The number of ketones is 1. The van der Waals surface area contributed by atoms with Gasteiger partial charge in [0, 0.05) is 30.6 Å². The van der Waals surface area contributed by atoms with Crippen LogP contribution in [-0.2, 0) is 9.53 Å². The Hall–Kier alpha value is -0.790. The van der Waals surface area contributed by atoms with Crippen LogP contribution in [0.4, 0.5) is 0 Å². The summed E-state index contributed by atoms with van der Waals surface area (Å²) in [5.41, 5.74) is -0.180. The van der Waals surface area contributed by atoms with Crippen LogP contribution in [0, 0.1) is 11.3 Å². The number of carbonyl (C=O) groups excluding carboxylic acids is 1. The quantitative estimate of drug-likeness (QED) is 0.611. The maximum Gasteiger partial charge on any atom is 0.134 e. The number of Topliss-reactive ketones (excluding diaryl/α,β-unsaturated/α-hetero) is 1. The third-order valence-electron chi connectivity index (χ3n) is 4.15. The van der Waals surface area contributed by atoms with Crippen molar-refractivity contribution in [3.8, 4) is 0 Å². The number of allylic oxidation sites excluding steroid dienone is 1. The lowest BCUT2D eigenvalue weighted by Gasteiger charge is -2.50. The molecule has 0 amide bonds. The van der Waals surface area contributed by atoms with Crippen LogP contribution in [0.5, 0.6) is 0 Å². The average molecular weight is 208 g/mol. The SMILES string of the molecule is CC1=CC[C@@]2(O1)[C@@H](C)CC(=O)CC2(C)C. The molecule has 1 fully saturated rings. The third kappa shape index (κ3) is 1.42. The molecule has 0 aromatic heterocycles. The fourth-order valence-corrected chi connectivity index (χ4v) is 3.27. The molecular formula is C13H20O2. The van der Waals surface area contributed by atoms with Crippen LogP contribution in [0.3, 0.4) is 0 Å². The molecule has 0 N–H and O–H groups in total. The highest BCUT2D eigenvalue weighted by atomic mass is 16.5. The molecule has 0 radical (unpaired) electrons. The highest BCUT2D eigenvalue weighted by molar-refractivity contribution is 5.80. The Morgan fingerprint density at radius 3 is 2.60 bits per heavy atom. The molecule has 0 bridgehead atoms. The van der Waals surface area contributed by atoms with E-state index in [0.29, 0.717) is 24.5 Å². The van der Waals surface area contributed by atoms with Gasteiger partial charge in [-0.1, -0.05) is 20.8 Å². The number of carbonyl (C=O) groups is 1. The van der Waals surface area contributed by atoms with Crippen LogP contribution in [0.25, 0.3) is 0 Å². The van der Waals surface area contributed by atoms with Crippen molar-refractivity contribution in [1.29, 1.82) is 0 Å². The molecule has 2 rings (SSSR count). The van der Waals surface area contributed by atoms with Gasteiger partial charge in [0.1, 0.15) is 11.4 Å². The number of ether oxygens (including phenoxy) is 1. The first-order valence-electron chi connectivity index (χ1n) is 5.75. The van der Waals surface area contributed by atoms with E-state index in [2.05, 4.69) is 26.8 Å². The van der Waals surface area contributed by atoms with E-state index in [9.17, 15) is 4.79 Å². The van der Waals surface area contributed by atoms with Crippen molar-refractivity contribution < 1.29 is 9.53 Å². The van der Waals surface area contributed by atoms with Crippen molar-refractivity contribution in [2.24, 2.45) is 11.3 Å². The molecule has 2 atom stereocenters. The summed E-state index contributed by atoms with van der Waals surface area (Å²) in [5.74, 6) is 1.72. The van der Waals surface area contributed by atoms with Crippen LogP contribution in [0.1, 0.15) is 47.0 Å². The summed E-state index contributed by atoms with van der Waals surface area (Å²) in [6, 6.07) is 0. The van der Waals surface area contributed by atoms with Gasteiger partial charge in [-0.05, 0) is 13.0 Å². The van der Waals surface area contributed by atoms with E-state index >= 15 is 0 Å². The zero-order valence-electron chi connectivity index (χ0n) is 10.1.